The molecule has 102 valence electrons. The van der Waals surface area contributed by atoms with Crippen molar-refractivity contribution in [3.63, 3.8) is 0 Å². The van der Waals surface area contributed by atoms with Crippen LogP contribution in [0, 0.1) is 0 Å². The van der Waals surface area contributed by atoms with Gasteiger partial charge in [-0.05, 0) is 33.2 Å². The molecule has 0 radical (unpaired) electrons. The summed E-state index contributed by atoms with van der Waals surface area (Å²) in [6, 6.07) is 24.6. The number of carbonyl (C=O) groups is 1. The summed E-state index contributed by atoms with van der Waals surface area (Å²) in [4.78, 5) is 12.6. The molecular formula is C21H12O. The first kappa shape index (κ1) is 11.7. The van der Waals surface area contributed by atoms with Gasteiger partial charge in [-0.1, -0.05) is 66.7 Å². The fourth-order valence-electron chi connectivity index (χ4n) is 3.61. The van der Waals surface area contributed by atoms with Crippen molar-refractivity contribution in [3.8, 4) is 11.1 Å². The Bertz CT molecular complexity index is 1090. The van der Waals surface area contributed by atoms with Crippen LogP contribution in [0.15, 0.2) is 72.8 Å². The van der Waals surface area contributed by atoms with Gasteiger partial charge in [-0.25, -0.2) is 0 Å². The third-order valence-electron chi connectivity index (χ3n) is 4.61. The molecule has 22 heavy (non-hydrogen) atoms. The molecule has 0 N–H and O–H groups in total. The monoisotopic (exact) mass is 280 g/mol. The van der Waals surface area contributed by atoms with Gasteiger partial charge in [0.05, 0.1) is 0 Å². The largest absolute Gasteiger partial charge is 0.289 e. The fourth-order valence-corrected chi connectivity index (χ4v) is 3.61. The Morgan fingerprint density at radius 3 is 2.14 bits per heavy atom. The van der Waals surface area contributed by atoms with Gasteiger partial charge in [0.2, 0.25) is 0 Å². The lowest BCUT2D eigenvalue weighted by Gasteiger charge is -2.09. The van der Waals surface area contributed by atoms with E-state index in [4.69, 9.17) is 0 Å². The molecule has 0 spiro atoms. The maximum atomic E-state index is 12.6. The first-order valence-electron chi connectivity index (χ1n) is 7.43. The van der Waals surface area contributed by atoms with Crippen LogP contribution in [0.25, 0.3) is 32.7 Å². The summed E-state index contributed by atoms with van der Waals surface area (Å²) in [7, 11) is 0. The number of fused-ring (bicyclic) bond motifs is 7. The zero-order valence-corrected chi connectivity index (χ0v) is 11.8. The Hall–Kier alpha value is -2.93. The molecule has 0 saturated carbocycles. The van der Waals surface area contributed by atoms with Crippen molar-refractivity contribution in [1.29, 1.82) is 0 Å². The lowest BCUT2D eigenvalue weighted by Crippen LogP contribution is -1.94. The van der Waals surface area contributed by atoms with E-state index >= 15 is 0 Å². The van der Waals surface area contributed by atoms with Crippen LogP contribution in [-0.4, -0.2) is 5.78 Å². The SMILES string of the molecule is O=C1c2ccccc2-c2c1ccc1c2ccc2ccccc21. The number of ketones is 1. The average Bonchev–Trinajstić information content (AvgIpc) is 2.88. The van der Waals surface area contributed by atoms with E-state index in [9.17, 15) is 4.79 Å². The number of hydrogen-bond donors (Lipinski definition) is 0. The van der Waals surface area contributed by atoms with Gasteiger partial charge >= 0.3 is 0 Å². The van der Waals surface area contributed by atoms with Crippen molar-refractivity contribution in [1.82, 2.24) is 0 Å². The van der Waals surface area contributed by atoms with Gasteiger partial charge in [-0.3, -0.25) is 4.79 Å². The lowest BCUT2D eigenvalue weighted by molar-refractivity contribution is 0.104. The topological polar surface area (TPSA) is 17.1 Å². The van der Waals surface area contributed by atoms with E-state index < -0.39 is 0 Å². The predicted octanol–water partition coefficient (Wildman–Crippen LogP) is 5.20. The quantitative estimate of drug-likeness (QED) is 0.356. The van der Waals surface area contributed by atoms with Gasteiger partial charge in [-0.15, -0.1) is 0 Å². The smallest absolute Gasteiger partial charge is 0.194 e. The van der Waals surface area contributed by atoms with E-state index in [1.807, 2.05) is 30.3 Å². The van der Waals surface area contributed by atoms with Crippen molar-refractivity contribution in [2.75, 3.05) is 0 Å². The Morgan fingerprint density at radius 2 is 1.23 bits per heavy atom. The molecule has 1 aliphatic carbocycles. The molecule has 4 aromatic carbocycles. The summed E-state index contributed by atoms with van der Waals surface area (Å²) in [5.41, 5.74) is 3.79. The van der Waals surface area contributed by atoms with E-state index in [0.717, 1.165) is 27.6 Å². The molecule has 0 unspecified atom stereocenters. The second kappa shape index (κ2) is 4.05. The normalized spacial score (nSPS) is 12.6. The van der Waals surface area contributed by atoms with Gasteiger partial charge < -0.3 is 0 Å². The first-order chi connectivity index (χ1) is 10.8. The van der Waals surface area contributed by atoms with Crippen molar-refractivity contribution >= 4 is 27.3 Å². The molecule has 0 aliphatic heterocycles. The van der Waals surface area contributed by atoms with E-state index in [1.165, 1.54) is 16.2 Å². The Labute approximate surface area is 127 Å². The molecule has 0 saturated heterocycles. The highest BCUT2D eigenvalue weighted by atomic mass is 16.1. The minimum absolute atomic E-state index is 0.139. The summed E-state index contributed by atoms with van der Waals surface area (Å²) in [6.45, 7) is 0. The molecule has 1 heteroatoms. The molecule has 0 fully saturated rings. The van der Waals surface area contributed by atoms with Crippen LogP contribution in [0.2, 0.25) is 0 Å². The molecule has 0 amide bonds. The van der Waals surface area contributed by atoms with Crippen molar-refractivity contribution in [2.45, 2.75) is 0 Å². The van der Waals surface area contributed by atoms with Crippen LogP contribution in [0.1, 0.15) is 15.9 Å². The van der Waals surface area contributed by atoms with Crippen molar-refractivity contribution < 1.29 is 4.79 Å². The molecule has 1 aliphatic rings. The summed E-state index contributed by atoms with van der Waals surface area (Å²) in [5.74, 6) is 0.139. The molecule has 4 aromatic rings. The molecule has 0 aromatic heterocycles. The Balaban J connectivity index is 2.00. The number of carbonyl (C=O) groups excluding carboxylic acids is 1. The zero-order chi connectivity index (χ0) is 14.7. The zero-order valence-electron chi connectivity index (χ0n) is 11.8. The third-order valence-corrected chi connectivity index (χ3v) is 4.61. The van der Waals surface area contributed by atoms with Crippen LogP contribution in [0.5, 0.6) is 0 Å². The highest BCUT2D eigenvalue weighted by Gasteiger charge is 2.27. The lowest BCUT2D eigenvalue weighted by atomic mass is 9.94. The molecular weight excluding hydrogens is 268 g/mol. The Kier molecular flexibility index (Phi) is 2.15. The highest BCUT2D eigenvalue weighted by molar-refractivity contribution is 6.27. The molecule has 5 rings (SSSR count). The summed E-state index contributed by atoms with van der Waals surface area (Å²) in [5, 5.41) is 4.84. The standard InChI is InChI=1S/C21H12O/c22-21-18-8-4-3-7-16(18)20-17-10-9-13-5-1-2-6-14(13)15(17)11-12-19(20)21/h1-12H. The van der Waals surface area contributed by atoms with Gasteiger partial charge in [0.25, 0.3) is 0 Å². The minimum atomic E-state index is 0.139. The van der Waals surface area contributed by atoms with E-state index in [0.29, 0.717) is 0 Å². The van der Waals surface area contributed by atoms with Crippen LogP contribution in [0.4, 0.5) is 0 Å². The van der Waals surface area contributed by atoms with Crippen molar-refractivity contribution in [3.05, 3.63) is 83.9 Å². The summed E-state index contributed by atoms with van der Waals surface area (Å²) < 4.78 is 0. The van der Waals surface area contributed by atoms with Crippen LogP contribution in [-0.2, 0) is 0 Å². The second-order valence-corrected chi connectivity index (χ2v) is 5.74. The molecule has 0 atom stereocenters. The predicted molar refractivity (Wildman–Crippen MR) is 90.3 cm³/mol. The van der Waals surface area contributed by atoms with E-state index in [-0.39, 0.29) is 5.78 Å². The van der Waals surface area contributed by atoms with E-state index in [2.05, 4.69) is 42.5 Å². The summed E-state index contributed by atoms with van der Waals surface area (Å²) in [6.07, 6.45) is 0. The van der Waals surface area contributed by atoms with Gasteiger partial charge in [0, 0.05) is 16.7 Å². The molecule has 1 nitrogen and oxygen atoms in total. The van der Waals surface area contributed by atoms with Crippen molar-refractivity contribution in [2.24, 2.45) is 0 Å². The maximum absolute atomic E-state index is 12.6. The van der Waals surface area contributed by atoms with E-state index in [1.54, 1.807) is 0 Å². The molecule has 0 heterocycles. The second-order valence-electron chi connectivity index (χ2n) is 5.74. The average molecular weight is 280 g/mol. The van der Waals surface area contributed by atoms with Gasteiger partial charge in [0.15, 0.2) is 5.78 Å². The van der Waals surface area contributed by atoms with Crippen LogP contribution >= 0.6 is 0 Å². The number of rotatable bonds is 0. The van der Waals surface area contributed by atoms with Gasteiger partial charge in [0.1, 0.15) is 0 Å². The fraction of sp³-hybridized carbons (Fsp3) is 0. The first-order valence-corrected chi connectivity index (χ1v) is 7.43. The third kappa shape index (κ3) is 1.35. The molecule has 0 bridgehead atoms. The Morgan fingerprint density at radius 1 is 0.500 bits per heavy atom. The van der Waals surface area contributed by atoms with Crippen LogP contribution in [0.3, 0.4) is 0 Å². The number of hydrogen-bond acceptors (Lipinski definition) is 1. The van der Waals surface area contributed by atoms with Gasteiger partial charge in [-0.2, -0.15) is 0 Å². The van der Waals surface area contributed by atoms with Crippen LogP contribution < -0.4 is 0 Å². The minimum Gasteiger partial charge on any atom is -0.289 e. The summed E-state index contributed by atoms with van der Waals surface area (Å²) >= 11 is 0. The highest BCUT2D eigenvalue weighted by Crippen LogP contribution is 2.42. The number of benzene rings is 4. The maximum Gasteiger partial charge on any atom is 0.194 e.